The Balaban J connectivity index is 2.36. The zero-order chi connectivity index (χ0) is 21.0. The average molecular weight is 518 g/mol. The summed E-state index contributed by atoms with van der Waals surface area (Å²) in [4.78, 5) is 25.1. The Labute approximate surface area is 186 Å². The SMILES string of the molecule is CCOC(=O)c1cc(C(=O)OC)cc(-c2ccc(Br)cc2)c1-c1ccc(Br)cc1. The van der Waals surface area contributed by atoms with Crippen molar-refractivity contribution in [1.82, 2.24) is 0 Å². The molecule has 3 aromatic carbocycles. The molecule has 0 spiro atoms. The molecule has 0 aliphatic rings. The number of hydrogen-bond donors (Lipinski definition) is 0. The van der Waals surface area contributed by atoms with Crippen molar-refractivity contribution < 1.29 is 19.1 Å². The molecule has 148 valence electrons. The minimum atomic E-state index is -0.517. The Hall–Kier alpha value is -2.44. The van der Waals surface area contributed by atoms with Gasteiger partial charge in [-0.3, -0.25) is 0 Å². The minimum Gasteiger partial charge on any atom is -0.465 e. The van der Waals surface area contributed by atoms with Crippen LogP contribution in [0.3, 0.4) is 0 Å². The molecular formula is C23H18Br2O4. The van der Waals surface area contributed by atoms with E-state index in [0.717, 1.165) is 25.6 Å². The summed E-state index contributed by atoms with van der Waals surface area (Å²) >= 11 is 6.89. The number of carbonyl (C=O) groups excluding carboxylic acids is 2. The summed E-state index contributed by atoms with van der Waals surface area (Å²) in [5, 5.41) is 0. The van der Waals surface area contributed by atoms with Gasteiger partial charge in [0.1, 0.15) is 0 Å². The van der Waals surface area contributed by atoms with Gasteiger partial charge in [-0.1, -0.05) is 56.1 Å². The molecule has 0 aromatic heterocycles. The molecule has 0 saturated heterocycles. The third-order valence-corrected chi connectivity index (χ3v) is 5.40. The number of benzene rings is 3. The second-order valence-corrected chi connectivity index (χ2v) is 8.00. The van der Waals surface area contributed by atoms with Crippen LogP contribution < -0.4 is 0 Å². The number of carbonyl (C=O) groups is 2. The monoisotopic (exact) mass is 516 g/mol. The molecule has 0 radical (unpaired) electrons. The number of esters is 2. The van der Waals surface area contributed by atoms with Gasteiger partial charge in [-0.25, -0.2) is 9.59 Å². The van der Waals surface area contributed by atoms with E-state index in [2.05, 4.69) is 31.9 Å². The summed E-state index contributed by atoms with van der Waals surface area (Å²) in [6, 6.07) is 18.6. The molecule has 0 bridgehead atoms. The zero-order valence-electron chi connectivity index (χ0n) is 15.9. The lowest BCUT2D eigenvalue weighted by atomic mass is 9.88. The fourth-order valence-corrected chi connectivity index (χ4v) is 3.56. The van der Waals surface area contributed by atoms with Gasteiger partial charge in [-0.05, 0) is 60.0 Å². The van der Waals surface area contributed by atoms with E-state index in [1.807, 2.05) is 48.5 Å². The molecule has 0 aliphatic carbocycles. The number of methoxy groups -OCH3 is 1. The molecule has 3 rings (SSSR count). The van der Waals surface area contributed by atoms with Gasteiger partial charge in [0.05, 0.1) is 24.8 Å². The summed E-state index contributed by atoms with van der Waals surface area (Å²) < 4.78 is 12.0. The first kappa shape index (κ1) is 21.3. The highest BCUT2D eigenvalue weighted by atomic mass is 79.9. The Morgan fingerprint density at radius 2 is 1.38 bits per heavy atom. The molecule has 0 atom stereocenters. The fraction of sp³-hybridized carbons (Fsp3) is 0.130. The van der Waals surface area contributed by atoms with E-state index >= 15 is 0 Å². The van der Waals surface area contributed by atoms with Crippen LogP contribution in [0, 0.1) is 0 Å². The van der Waals surface area contributed by atoms with Crippen LogP contribution in [0.4, 0.5) is 0 Å². The predicted octanol–water partition coefficient (Wildman–Crippen LogP) is 6.51. The van der Waals surface area contributed by atoms with E-state index in [0.29, 0.717) is 11.1 Å². The molecule has 0 heterocycles. The van der Waals surface area contributed by atoms with Gasteiger partial charge in [0, 0.05) is 14.5 Å². The summed E-state index contributed by atoms with van der Waals surface area (Å²) in [7, 11) is 1.31. The number of halogens is 2. The van der Waals surface area contributed by atoms with Gasteiger partial charge in [0.15, 0.2) is 0 Å². The number of ether oxygens (including phenoxy) is 2. The zero-order valence-corrected chi connectivity index (χ0v) is 19.0. The molecule has 0 N–H and O–H groups in total. The van der Waals surface area contributed by atoms with Crippen LogP contribution in [0.2, 0.25) is 0 Å². The summed E-state index contributed by atoms with van der Waals surface area (Å²) in [6.45, 7) is 1.98. The first-order valence-corrected chi connectivity index (χ1v) is 10.5. The lowest BCUT2D eigenvalue weighted by Crippen LogP contribution is -2.11. The van der Waals surface area contributed by atoms with Crippen LogP contribution in [-0.4, -0.2) is 25.7 Å². The normalized spacial score (nSPS) is 10.5. The van der Waals surface area contributed by atoms with Crippen LogP contribution in [0.1, 0.15) is 27.6 Å². The third kappa shape index (κ3) is 4.77. The number of hydrogen-bond acceptors (Lipinski definition) is 4. The summed E-state index contributed by atoms with van der Waals surface area (Å²) in [6.07, 6.45) is 0. The topological polar surface area (TPSA) is 52.6 Å². The summed E-state index contributed by atoms with van der Waals surface area (Å²) in [5.41, 5.74) is 3.74. The van der Waals surface area contributed by atoms with Crippen LogP contribution in [0.5, 0.6) is 0 Å². The molecule has 0 amide bonds. The highest BCUT2D eigenvalue weighted by Gasteiger charge is 2.22. The van der Waals surface area contributed by atoms with Crippen molar-refractivity contribution in [3.8, 4) is 22.3 Å². The molecule has 0 fully saturated rings. The molecule has 4 nitrogen and oxygen atoms in total. The number of rotatable bonds is 5. The van der Waals surface area contributed by atoms with Crippen molar-refractivity contribution in [2.45, 2.75) is 6.92 Å². The molecular weight excluding hydrogens is 500 g/mol. The molecule has 6 heteroatoms. The molecule has 29 heavy (non-hydrogen) atoms. The van der Waals surface area contributed by atoms with Crippen LogP contribution in [0.15, 0.2) is 69.6 Å². The molecule has 3 aromatic rings. The van der Waals surface area contributed by atoms with Crippen molar-refractivity contribution in [3.05, 3.63) is 80.7 Å². The summed E-state index contributed by atoms with van der Waals surface area (Å²) in [5.74, 6) is -1.01. The van der Waals surface area contributed by atoms with E-state index in [1.54, 1.807) is 13.0 Å². The maximum Gasteiger partial charge on any atom is 0.338 e. The molecule has 0 saturated carbocycles. The van der Waals surface area contributed by atoms with Crippen LogP contribution >= 0.6 is 31.9 Å². The van der Waals surface area contributed by atoms with Crippen molar-refractivity contribution in [2.24, 2.45) is 0 Å². The second-order valence-electron chi connectivity index (χ2n) is 6.17. The Morgan fingerprint density at radius 1 is 0.828 bits per heavy atom. The van der Waals surface area contributed by atoms with E-state index in [9.17, 15) is 9.59 Å². The van der Waals surface area contributed by atoms with E-state index in [-0.39, 0.29) is 12.2 Å². The van der Waals surface area contributed by atoms with Crippen molar-refractivity contribution >= 4 is 43.8 Å². The van der Waals surface area contributed by atoms with Crippen molar-refractivity contribution in [2.75, 3.05) is 13.7 Å². The van der Waals surface area contributed by atoms with E-state index in [1.165, 1.54) is 13.2 Å². The lowest BCUT2D eigenvalue weighted by Gasteiger charge is -2.17. The maximum atomic E-state index is 12.8. The molecule has 0 aliphatic heterocycles. The van der Waals surface area contributed by atoms with Gasteiger partial charge >= 0.3 is 11.9 Å². The quantitative estimate of drug-likeness (QED) is 0.362. The highest BCUT2D eigenvalue weighted by Crippen LogP contribution is 2.38. The van der Waals surface area contributed by atoms with Crippen LogP contribution in [-0.2, 0) is 9.47 Å². The first-order chi connectivity index (χ1) is 13.9. The van der Waals surface area contributed by atoms with E-state index < -0.39 is 11.9 Å². The predicted molar refractivity (Wildman–Crippen MR) is 120 cm³/mol. The van der Waals surface area contributed by atoms with Crippen molar-refractivity contribution in [3.63, 3.8) is 0 Å². The fourth-order valence-electron chi connectivity index (χ4n) is 3.03. The second kappa shape index (κ2) is 9.37. The Kier molecular flexibility index (Phi) is 6.87. The Morgan fingerprint density at radius 3 is 1.90 bits per heavy atom. The minimum absolute atomic E-state index is 0.231. The highest BCUT2D eigenvalue weighted by molar-refractivity contribution is 9.10. The third-order valence-electron chi connectivity index (χ3n) is 4.34. The first-order valence-electron chi connectivity index (χ1n) is 8.90. The van der Waals surface area contributed by atoms with Gasteiger partial charge < -0.3 is 9.47 Å². The van der Waals surface area contributed by atoms with Gasteiger partial charge in [-0.15, -0.1) is 0 Å². The van der Waals surface area contributed by atoms with Crippen LogP contribution in [0.25, 0.3) is 22.3 Å². The van der Waals surface area contributed by atoms with Gasteiger partial charge in [0.25, 0.3) is 0 Å². The van der Waals surface area contributed by atoms with Gasteiger partial charge in [0.2, 0.25) is 0 Å². The molecule has 0 unspecified atom stereocenters. The maximum absolute atomic E-state index is 12.8. The standard InChI is InChI=1S/C23H18Br2O4/c1-3-29-23(27)20-13-16(22(26)28-2)12-19(14-4-8-17(24)9-5-14)21(20)15-6-10-18(25)11-7-15/h4-13H,3H2,1-2H3. The Bertz CT molecular complexity index is 1040. The van der Waals surface area contributed by atoms with Gasteiger partial charge in [-0.2, -0.15) is 0 Å². The average Bonchev–Trinajstić information content (AvgIpc) is 2.73. The van der Waals surface area contributed by atoms with E-state index in [4.69, 9.17) is 9.47 Å². The lowest BCUT2D eigenvalue weighted by molar-refractivity contribution is 0.0527. The largest absolute Gasteiger partial charge is 0.465 e. The van der Waals surface area contributed by atoms with Crippen molar-refractivity contribution in [1.29, 1.82) is 0 Å². The smallest absolute Gasteiger partial charge is 0.338 e.